The fraction of sp³-hybridized carbons (Fsp3) is 0.462. The van der Waals surface area contributed by atoms with E-state index < -0.39 is 16.6 Å². The molecule has 0 aliphatic carbocycles. The smallest absolute Gasteiger partial charge is 0.242 e. The first-order valence-electron chi connectivity index (χ1n) is 6.03. The third-order valence-corrected chi connectivity index (χ3v) is 3.59. The molecule has 0 N–H and O–H groups in total. The first-order valence-corrected chi connectivity index (χ1v) is 12.8. The lowest BCUT2D eigenvalue weighted by Crippen LogP contribution is -2.30. The van der Waals surface area contributed by atoms with Crippen LogP contribution in [0.5, 0.6) is 11.5 Å². The van der Waals surface area contributed by atoms with Crippen molar-refractivity contribution in [1.82, 2.24) is 0 Å². The van der Waals surface area contributed by atoms with Crippen LogP contribution < -0.4 is 8.85 Å². The Morgan fingerprint density at radius 2 is 1.50 bits per heavy atom. The molecule has 0 amide bonds. The quantitative estimate of drug-likeness (QED) is 0.783. The van der Waals surface area contributed by atoms with Crippen molar-refractivity contribution in [2.45, 2.75) is 39.3 Å². The lowest BCUT2D eigenvalue weighted by molar-refractivity contribution is 0.532. The Hall–Kier alpha value is -1.26. The second kappa shape index (κ2) is 5.16. The van der Waals surface area contributed by atoms with Gasteiger partial charge in [0.15, 0.2) is 0 Å². The molecule has 98 valence electrons. The Morgan fingerprint density at radius 1 is 0.944 bits per heavy atom. The fourth-order valence-electron chi connectivity index (χ4n) is 1.43. The summed E-state index contributed by atoms with van der Waals surface area (Å²) in [4.78, 5) is 0. The van der Waals surface area contributed by atoms with Crippen molar-refractivity contribution in [3.63, 3.8) is 0 Å². The van der Waals surface area contributed by atoms with Gasteiger partial charge in [-0.3, -0.25) is 0 Å². The van der Waals surface area contributed by atoms with Gasteiger partial charge < -0.3 is 8.85 Å². The van der Waals surface area contributed by atoms with Gasteiger partial charge in [0, 0.05) is 6.07 Å². The van der Waals surface area contributed by atoms with E-state index in [1.165, 1.54) is 0 Å². The third-order valence-electron chi connectivity index (χ3n) is 1.91. The van der Waals surface area contributed by atoms with Crippen molar-refractivity contribution in [3.05, 3.63) is 23.8 Å². The third kappa shape index (κ3) is 4.94. The normalized spacial score (nSPS) is 11.8. The number of benzene rings is 1. The molecule has 5 heteroatoms. The van der Waals surface area contributed by atoms with E-state index in [0.717, 1.165) is 5.75 Å². The molecule has 1 rings (SSSR count). The average molecular weight is 279 g/mol. The summed E-state index contributed by atoms with van der Waals surface area (Å²) in [6, 6.07) is 7.61. The minimum absolute atomic E-state index is 0.570. The largest absolute Gasteiger partial charge is 0.544 e. The van der Waals surface area contributed by atoms with E-state index in [-0.39, 0.29) is 0 Å². The highest BCUT2D eigenvalue weighted by Gasteiger charge is 2.21. The van der Waals surface area contributed by atoms with Crippen molar-refractivity contribution in [3.8, 4) is 17.6 Å². The van der Waals surface area contributed by atoms with Crippen LogP contribution in [0.25, 0.3) is 0 Å². The van der Waals surface area contributed by atoms with Crippen LogP contribution >= 0.6 is 0 Å². The first-order chi connectivity index (χ1) is 8.11. The van der Waals surface area contributed by atoms with E-state index in [0.29, 0.717) is 11.3 Å². The Kier molecular flexibility index (Phi) is 4.25. The molecule has 0 spiro atoms. The first kappa shape index (κ1) is 14.8. The molecule has 0 radical (unpaired) electrons. The lowest BCUT2D eigenvalue weighted by atomic mass is 10.2. The Balaban J connectivity index is 3.07. The molecule has 0 saturated carbocycles. The predicted molar refractivity (Wildman–Crippen MR) is 79.1 cm³/mol. The molecule has 1 aromatic rings. The SMILES string of the molecule is C[Si](C)(C)Oc1ccc(C#N)c(O[Si](C)(C)C)c1. The predicted octanol–water partition coefficient (Wildman–Crippen LogP) is 3.99. The van der Waals surface area contributed by atoms with E-state index in [9.17, 15) is 0 Å². The Morgan fingerprint density at radius 3 is 1.94 bits per heavy atom. The topological polar surface area (TPSA) is 42.2 Å². The minimum atomic E-state index is -1.72. The summed E-state index contributed by atoms with van der Waals surface area (Å²) in [5, 5.41) is 9.09. The monoisotopic (exact) mass is 279 g/mol. The molecule has 1 aromatic carbocycles. The van der Waals surface area contributed by atoms with Crippen LogP contribution in [0.2, 0.25) is 39.3 Å². The lowest BCUT2D eigenvalue weighted by Gasteiger charge is -2.23. The molecule has 0 unspecified atom stereocenters. The number of rotatable bonds is 4. The Bertz CT molecular complexity index is 467. The number of hydrogen-bond acceptors (Lipinski definition) is 3. The summed E-state index contributed by atoms with van der Waals surface area (Å²) in [5.41, 5.74) is 0.570. The highest BCUT2D eigenvalue weighted by atomic mass is 28.4. The minimum Gasteiger partial charge on any atom is -0.544 e. The molecule has 0 aliphatic heterocycles. The summed E-state index contributed by atoms with van der Waals surface area (Å²) in [5.74, 6) is 1.44. The van der Waals surface area contributed by atoms with Crippen molar-refractivity contribution in [2.75, 3.05) is 0 Å². The van der Waals surface area contributed by atoms with Crippen LogP contribution in [-0.2, 0) is 0 Å². The van der Waals surface area contributed by atoms with Crippen LogP contribution in [0.3, 0.4) is 0 Å². The molecule has 0 heterocycles. The zero-order chi connectivity index (χ0) is 14.0. The second-order valence-corrected chi connectivity index (χ2v) is 15.1. The van der Waals surface area contributed by atoms with E-state index in [1.54, 1.807) is 6.07 Å². The molecule has 0 atom stereocenters. The van der Waals surface area contributed by atoms with Crippen LogP contribution in [0.1, 0.15) is 5.56 Å². The zero-order valence-corrected chi connectivity index (χ0v) is 14.0. The molecule has 18 heavy (non-hydrogen) atoms. The maximum absolute atomic E-state index is 9.09. The van der Waals surface area contributed by atoms with E-state index in [4.69, 9.17) is 14.1 Å². The van der Waals surface area contributed by atoms with Crippen molar-refractivity contribution >= 4 is 16.6 Å². The molecule has 3 nitrogen and oxygen atoms in total. The van der Waals surface area contributed by atoms with E-state index in [2.05, 4.69) is 45.4 Å². The van der Waals surface area contributed by atoms with Crippen LogP contribution in [0.4, 0.5) is 0 Å². The molecule has 0 aliphatic rings. The van der Waals surface area contributed by atoms with Gasteiger partial charge in [0.2, 0.25) is 16.6 Å². The van der Waals surface area contributed by atoms with Crippen LogP contribution in [0.15, 0.2) is 18.2 Å². The van der Waals surface area contributed by atoms with Gasteiger partial charge in [0.05, 0.1) is 5.56 Å². The van der Waals surface area contributed by atoms with Gasteiger partial charge in [-0.05, 0) is 51.4 Å². The zero-order valence-electron chi connectivity index (χ0n) is 12.0. The molecule has 0 bridgehead atoms. The summed E-state index contributed by atoms with van der Waals surface area (Å²) in [6.07, 6.45) is 0. The fourth-order valence-corrected chi connectivity index (χ4v) is 3.09. The number of nitriles is 1. The maximum atomic E-state index is 9.09. The number of hydrogen-bond donors (Lipinski definition) is 0. The summed E-state index contributed by atoms with van der Waals surface area (Å²) in [7, 11) is -3.36. The summed E-state index contributed by atoms with van der Waals surface area (Å²) in [6.45, 7) is 12.7. The van der Waals surface area contributed by atoms with Crippen molar-refractivity contribution in [1.29, 1.82) is 5.26 Å². The van der Waals surface area contributed by atoms with Gasteiger partial charge in [-0.15, -0.1) is 0 Å². The number of nitrogens with zero attached hydrogens (tertiary/aromatic N) is 1. The van der Waals surface area contributed by atoms with Gasteiger partial charge in [0.1, 0.15) is 17.6 Å². The highest BCUT2D eigenvalue weighted by molar-refractivity contribution is 6.70. The van der Waals surface area contributed by atoms with Crippen molar-refractivity contribution in [2.24, 2.45) is 0 Å². The molecule has 0 fully saturated rings. The van der Waals surface area contributed by atoms with E-state index in [1.807, 2.05) is 12.1 Å². The highest BCUT2D eigenvalue weighted by Crippen LogP contribution is 2.28. The van der Waals surface area contributed by atoms with Crippen LogP contribution in [-0.4, -0.2) is 16.6 Å². The van der Waals surface area contributed by atoms with Gasteiger partial charge in [-0.25, -0.2) is 0 Å². The Labute approximate surface area is 112 Å². The van der Waals surface area contributed by atoms with Crippen molar-refractivity contribution < 1.29 is 8.85 Å². The molecular formula is C13H21NO2Si2. The molecule has 0 aromatic heterocycles. The van der Waals surface area contributed by atoms with Gasteiger partial charge in [-0.1, -0.05) is 0 Å². The standard InChI is InChI=1S/C13H21NO2Si2/c1-17(2,3)15-12-8-7-11(10-14)13(9-12)16-18(4,5)6/h7-9H,1-6H3. The summed E-state index contributed by atoms with van der Waals surface area (Å²) < 4.78 is 11.9. The molecular weight excluding hydrogens is 258 g/mol. The summed E-state index contributed by atoms with van der Waals surface area (Å²) >= 11 is 0. The van der Waals surface area contributed by atoms with Crippen LogP contribution in [0, 0.1) is 11.3 Å². The van der Waals surface area contributed by atoms with Gasteiger partial charge in [-0.2, -0.15) is 5.26 Å². The second-order valence-electron chi connectivity index (χ2n) is 6.20. The van der Waals surface area contributed by atoms with Gasteiger partial charge >= 0.3 is 0 Å². The van der Waals surface area contributed by atoms with E-state index >= 15 is 0 Å². The van der Waals surface area contributed by atoms with Gasteiger partial charge in [0.25, 0.3) is 0 Å². The average Bonchev–Trinajstić information content (AvgIpc) is 2.12. The molecule has 0 saturated heterocycles. The maximum Gasteiger partial charge on any atom is 0.242 e.